The molecular formula is C14H22N2O2. The summed E-state index contributed by atoms with van der Waals surface area (Å²) >= 11 is 0. The summed E-state index contributed by atoms with van der Waals surface area (Å²) in [4.78, 5) is 23.0. The van der Waals surface area contributed by atoms with E-state index in [-0.39, 0.29) is 17.4 Å². The number of carbonyl (C=O) groups excluding carboxylic acids is 2. The molecule has 2 rings (SSSR count). The highest BCUT2D eigenvalue weighted by Crippen LogP contribution is 2.29. The smallest absolute Gasteiger partial charge is 0.244 e. The van der Waals surface area contributed by atoms with Crippen molar-refractivity contribution >= 4 is 11.8 Å². The van der Waals surface area contributed by atoms with Gasteiger partial charge in [-0.15, -0.1) is 0 Å². The minimum atomic E-state index is -0.270. The third-order valence-electron chi connectivity index (χ3n) is 3.90. The molecule has 1 aliphatic heterocycles. The summed E-state index contributed by atoms with van der Waals surface area (Å²) in [6.07, 6.45) is 6.37. The Balaban J connectivity index is 1.80. The number of amides is 2. The van der Waals surface area contributed by atoms with Crippen LogP contribution >= 0.6 is 0 Å². The molecule has 4 nitrogen and oxygen atoms in total. The molecule has 100 valence electrons. The van der Waals surface area contributed by atoms with Crippen molar-refractivity contribution in [2.75, 3.05) is 6.54 Å². The Kier molecular flexibility index (Phi) is 3.73. The third-order valence-corrected chi connectivity index (χ3v) is 3.90. The summed E-state index contributed by atoms with van der Waals surface area (Å²) in [5.74, 6) is 0.756. The van der Waals surface area contributed by atoms with Crippen LogP contribution in [0.15, 0.2) is 11.6 Å². The van der Waals surface area contributed by atoms with Crippen molar-refractivity contribution in [3.8, 4) is 0 Å². The van der Waals surface area contributed by atoms with Gasteiger partial charge in [0.25, 0.3) is 0 Å². The van der Waals surface area contributed by atoms with Gasteiger partial charge < -0.3 is 10.6 Å². The molecule has 1 saturated heterocycles. The number of allylic oxidation sites excluding steroid dienone is 1. The van der Waals surface area contributed by atoms with Gasteiger partial charge >= 0.3 is 0 Å². The summed E-state index contributed by atoms with van der Waals surface area (Å²) in [5.41, 5.74) is 0.981. The zero-order chi connectivity index (χ0) is 13.2. The van der Waals surface area contributed by atoms with Crippen LogP contribution in [0.3, 0.4) is 0 Å². The standard InChI is InChI=1S/C14H22N2O2/c1-10-3-4-11(7-10)8-13(18)15-9-14(2)6-5-12(17)16-14/h8,10H,3-7,9H2,1-2H3,(H,15,18)(H,16,17)/b11-8+. The van der Waals surface area contributed by atoms with Gasteiger partial charge in [-0.2, -0.15) is 0 Å². The van der Waals surface area contributed by atoms with Crippen LogP contribution in [0.2, 0.25) is 0 Å². The normalized spacial score (nSPS) is 33.8. The largest absolute Gasteiger partial charge is 0.350 e. The molecule has 0 aromatic carbocycles. The van der Waals surface area contributed by atoms with E-state index in [0.29, 0.717) is 18.9 Å². The second kappa shape index (κ2) is 5.12. The van der Waals surface area contributed by atoms with Crippen molar-refractivity contribution in [3.05, 3.63) is 11.6 Å². The van der Waals surface area contributed by atoms with Gasteiger partial charge in [-0.3, -0.25) is 9.59 Å². The minimum Gasteiger partial charge on any atom is -0.350 e. The van der Waals surface area contributed by atoms with Gasteiger partial charge in [0.2, 0.25) is 11.8 Å². The molecule has 2 amide bonds. The van der Waals surface area contributed by atoms with Crippen molar-refractivity contribution in [2.45, 2.75) is 51.5 Å². The number of nitrogens with one attached hydrogen (secondary N) is 2. The molecule has 0 spiro atoms. The van der Waals surface area contributed by atoms with Gasteiger partial charge in [-0.25, -0.2) is 0 Å². The van der Waals surface area contributed by atoms with E-state index in [1.54, 1.807) is 6.08 Å². The van der Waals surface area contributed by atoms with Crippen LogP contribution in [0.4, 0.5) is 0 Å². The average Bonchev–Trinajstić information content (AvgIpc) is 2.84. The molecule has 18 heavy (non-hydrogen) atoms. The van der Waals surface area contributed by atoms with Gasteiger partial charge in [0, 0.05) is 19.0 Å². The first-order valence-corrected chi connectivity index (χ1v) is 6.75. The number of hydrogen-bond acceptors (Lipinski definition) is 2. The van der Waals surface area contributed by atoms with E-state index in [4.69, 9.17) is 0 Å². The van der Waals surface area contributed by atoms with E-state index >= 15 is 0 Å². The van der Waals surface area contributed by atoms with Crippen LogP contribution in [-0.2, 0) is 9.59 Å². The SMILES string of the molecule is CC1CC/C(=C\C(=O)NCC2(C)CCC(=O)N2)C1. The molecule has 2 fully saturated rings. The molecule has 4 heteroatoms. The van der Waals surface area contributed by atoms with Crippen molar-refractivity contribution < 1.29 is 9.59 Å². The lowest BCUT2D eigenvalue weighted by atomic mass is 10.0. The molecular weight excluding hydrogens is 228 g/mol. The van der Waals surface area contributed by atoms with Crippen LogP contribution in [-0.4, -0.2) is 23.9 Å². The molecule has 2 N–H and O–H groups in total. The van der Waals surface area contributed by atoms with Crippen molar-refractivity contribution in [1.29, 1.82) is 0 Å². The predicted octanol–water partition coefficient (Wildman–Crippen LogP) is 1.52. The van der Waals surface area contributed by atoms with E-state index in [0.717, 1.165) is 19.3 Å². The van der Waals surface area contributed by atoms with Crippen LogP contribution in [0.1, 0.15) is 46.0 Å². The molecule has 1 saturated carbocycles. The van der Waals surface area contributed by atoms with Crippen LogP contribution in [0.25, 0.3) is 0 Å². The first-order chi connectivity index (χ1) is 8.47. The Hall–Kier alpha value is -1.32. The summed E-state index contributed by atoms with van der Waals surface area (Å²) < 4.78 is 0. The average molecular weight is 250 g/mol. The second-order valence-corrected chi connectivity index (χ2v) is 5.98. The maximum Gasteiger partial charge on any atom is 0.244 e. The van der Waals surface area contributed by atoms with Crippen molar-refractivity contribution in [3.63, 3.8) is 0 Å². The fourth-order valence-electron chi connectivity index (χ4n) is 2.72. The summed E-state index contributed by atoms with van der Waals surface area (Å²) in [7, 11) is 0. The monoisotopic (exact) mass is 250 g/mol. The Morgan fingerprint density at radius 3 is 2.89 bits per heavy atom. The molecule has 0 bridgehead atoms. The highest BCUT2D eigenvalue weighted by atomic mass is 16.2. The highest BCUT2D eigenvalue weighted by molar-refractivity contribution is 5.88. The quantitative estimate of drug-likeness (QED) is 0.746. The maximum absolute atomic E-state index is 11.8. The van der Waals surface area contributed by atoms with Crippen molar-refractivity contribution in [2.24, 2.45) is 5.92 Å². The Morgan fingerprint density at radius 1 is 1.56 bits per heavy atom. The summed E-state index contributed by atoms with van der Waals surface area (Å²) in [6, 6.07) is 0. The molecule has 2 aliphatic rings. The van der Waals surface area contributed by atoms with Crippen LogP contribution < -0.4 is 10.6 Å². The minimum absolute atomic E-state index is 0.0264. The van der Waals surface area contributed by atoms with Gasteiger partial charge in [0.1, 0.15) is 0 Å². The fourth-order valence-corrected chi connectivity index (χ4v) is 2.72. The zero-order valence-electron chi connectivity index (χ0n) is 11.2. The lowest BCUT2D eigenvalue weighted by Crippen LogP contribution is -2.48. The molecule has 0 aromatic rings. The Bertz CT molecular complexity index is 389. The van der Waals surface area contributed by atoms with E-state index in [2.05, 4.69) is 17.6 Å². The van der Waals surface area contributed by atoms with Gasteiger partial charge in [0.15, 0.2) is 0 Å². The third kappa shape index (κ3) is 3.34. The molecule has 1 aliphatic carbocycles. The lowest BCUT2D eigenvalue weighted by Gasteiger charge is -2.23. The molecule has 0 radical (unpaired) electrons. The second-order valence-electron chi connectivity index (χ2n) is 5.98. The predicted molar refractivity (Wildman–Crippen MR) is 69.9 cm³/mol. The molecule has 2 unspecified atom stereocenters. The molecule has 0 aromatic heterocycles. The zero-order valence-corrected chi connectivity index (χ0v) is 11.2. The van der Waals surface area contributed by atoms with Crippen LogP contribution in [0.5, 0.6) is 0 Å². The topological polar surface area (TPSA) is 58.2 Å². The summed E-state index contributed by atoms with van der Waals surface area (Å²) in [6.45, 7) is 4.70. The highest BCUT2D eigenvalue weighted by Gasteiger charge is 2.32. The van der Waals surface area contributed by atoms with Gasteiger partial charge in [0.05, 0.1) is 5.54 Å². The lowest BCUT2D eigenvalue weighted by molar-refractivity contribution is -0.120. The van der Waals surface area contributed by atoms with Crippen molar-refractivity contribution in [1.82, 2.24) is 10.6 Å². The van der Waals surface area contributed by atoms with E-state index in [1.165, 1.54) is 12.0 Å². The number of rotatable bonds is 3. The first kappa shape index (κ1) is 13.1. The molecule has 1 heterocycles. The molecule has 2 atom stereocenters. The van der Waals surface area contributed by atoms with Crippen LogP contribution in [0, 0.1) is 5.92 Å². The Morgan fingerprint density at radius 2 is 2.33 bits per heavy atom. The summed E-state index contributed by atoms with van der Waals surface area (Å²) in [5, 5.41) is 5.81. The van der Waals surface area contributed by atoms with E-state index in [1.807, 2.05) is 6.92 Å². The van der Waals surface area contributed by atoms with E-state index < -0.39 is 0 Å². The number of carbonyl (C=O) groups is 2. The fraction of sp³-hybridized carbons (Fsp3) is 0.714. The van der Waals surface area contributed by atoms with E-state index in [9.17, 15) is 9.59 Å². The number of hydrogen-bond donors (Lipinski definition) is 2. The maximum atomic E-state index is 11.8. The Labute approximate surface area is 108 Å². The van der Waals surface area contributed by atoms with Gasteiger partial charge in [-0.05, 0) is 38.5 Å². The first-order valence-electron chi connectivity index (χ1n) is 6.75. The van der Waals surface area contributed by atoms with Gasteiger partial charge in [-0.1, -0.05) is 12.5 Å².